The van der Waals surface area contributed by atoms with E-state index in [1.54, 1.807) is 6.92 Å². The third-order valence-corrected chi connectivity index (χ3v) is 1.53. The fraction of sp³-hybridized carbons (Fsp3) is 0.857. The highest BCUT2D eigenvalue weighted by atomic mass is 16.5. The molecule has 0 bridgehead atoms. The predicted molar refractivity (Wildman–Crippen MR) is 37.3 cm³/mol. The van der Waals surface area contributed by atoms with Crippen molar-refractivity contribution in [2.24, 2.45) is 11.7 Å². The van der Waals surface area contributed by atoms with E-state index in [1.165, 1.54) is 12.8 Å². The molecule has 1 rings (SSSR count). The number of carbonyl (C=O) groups is 1. The molecule has 1 fully saturated rings. The number of hydrogen-bond acceptors (Lipinski definition) is 3. The summed E-state index contributed by atoms with van der Waals surface area (Å²) in [6.45, 7) is 2.20. The summed E-state index contributed by atoms with van der Waals surface area (Å²) in [6, 6.07) is -0.473. The molecule has 0 aliphatic heterocycles. The van der Waals surface area contributed by atoms with E-state index >= 15 is 0 Å². The smallest absolute Gasteiger partial charge is 0.322 e. The monoisotopic (exact) mass is 143 g/mol. The van der Waals surface area contributed by atoms with Gasteiger partial charge in [-0.25, -0.2) is 0 Å². The molecule has 0 amide bonds. The maximum atomic E-state index is 10.7. The molecule has 0 saturated heterocycles. The van der Waals surface area contributed by atoms with Gasteiger partial charge in [0.25, 0.3) is 0 Å². The third-order valence-electron chi connectivity index (χ3n) is 1.53. The first kappa shape index (κ1) is 7.54. The van der Waals surface area contributed by atoms with Crippen molar-refractivity contribution >= 4 is 5.97 Å². The molecule has 1 atom stereocenters. The van der Waals surface area contributed by atoms with Crippen LogP contribution in [0.4, 0.5) is 0 Å². The van der Waals surface area contributed by atoms with Crippen molar-refractivity contribution in [3.05, 3.63) is 0 Å². The molecule has 2 N–H and O–H groups in total. The van der Waals surface area contributed by atoms with Gasteiger partial charge in [-0.15, -0.1) is 0 Å². The Bertz CT molecular complexity index is 130. The van der Waals surface area contributed by atoms with Crippen molar-refractivity contribution in [2.75, 3.05) is 6.61 Å². The summed E-state index contributed by atoms with van der Waals surface area (Å²) >= 11 is 0. The normalized spacial score (nSPS) is 20.2. The molecule has 58 valence electrons. The number of carbonyl (C=O) groups excluding carboxylic acids is 1. The average Bonchev–Trinajstić information content (AvgIpc) is 2.64. The van der Waals surface area contributed by atoms with Crippen LogP contribution >= 0.6 is 0 Å². The van der Waals surface area contributed by atoms with Crippen molar-refractivity contribution in [1.82, 2.24) is 0 Å². The standard InChI is InChI=1S/C7H13NO2/c1-5(8)7(9)10-4-6-2-3-6/h5-6H,2-4,8H2,1H3. The maximum Gasteiger partial charge on any atom is 0.322 e. The van der Waals surface area contributed by atoms with Gasteiger partial charge in [-0.2, -0.15) is 0 Å². The van der Waals surface area contributed by atoms with E-state index in [9.17, 15) is 4.79 Å². The summed E-state index contributed by atoms with van der Waals surface area (Å²) in [6.07, 6.45) is 2.40. The van der Waals surface area contributed by atoms with Crippen LogP contribution in [-0.4, -0.2) is 18.6 Å². The van der Waals surface area contributed by atoms with Crippen LogP contribution in [0.1, 0.15) is 19.8 Å². The zero-order valence-corrected chi connectivity index (χ0v) is 6.17. The lowest BCUT2D eigenvalue weighted by Gasteiger charge is -2.04. The Balaban J connectivity index is 2.05. The largest absolute Gasteiger partial charge is 0.464 e. The van der Waals surface area contributed by atoms with E-state index in [1.807, 2.05) is 0 Å². The minimum atomic E-state index is -0.473. The molecule has 3 nitrogen and oxygen atoms in total. The van der Waals surface area contributed by atoms with Crippen molar-refractivity contribution in [3.63, 3.8) is 0 Å². The van der Waals surface area contributed by atoms with Gasteiger partial charge in [0.05, 0.1) is 6.61 Å². The number of rotatable bonds is 3. The Labute approximate surface area is 60.5 Å². The number of nitrogens with two attached hydrogens (primary N) is 1. The van der Waals surface area contributed by atoms with Gasteiger partial charge >= 0.3 is 5.97 Å². The SMILES string of the molecule is CC(N)C(=O)OCC1CC1. The van der Waals surface area contributed by atoms with Gasteiger partial charge in [-0.05, 0) is 25.7 Å². The van der Waals surface area contributed by atoms with Crippen molar-refractivity contribution in [2.45, 2.75) is 25.8 Å². The van der Waals surface area contributed by atoms with Gasteiger partial charge in [0.2, 0.25) is 0 Å². The highest BCUT2D eigenvalue weighted by Crippen LogP contribution is 2.28. The van der Waals surface area contributed by atoms with Crippen molar-refractivity contribution < 1.29 is 9.53 Å². The fourth-order valence-electron chi connectivity index (χ4n) is 0.616. The molecule has 3 heteroatoms. The first-order chi connectivity index (χ1) is 4.70. The molecule has 1 saturated carbocycles. The Hall–Kier alpha value is -0.570. The van der Waals surface area contributed by atoms with Crippen LogP contribution in [0.5, 0.6) is 0 Å². The Kier molecular flexibility index (Phi) is 2.27. The van der Waals surface area contributed by atoms with Gasteiger partial charge in [-0.1, -0.05) is 0 Å². The van der Waals surface area contributed by atoms with Crippen LogP contribution in [0.3, 0.4) is 0 Å². The van der Waals surface area contributed by atoms with Gasteiger partial charge in [-0.3, -0.25) is 4.79 Å². The second kappa shape index (κ2) is 3.01. The third kappa shape index (κ3) is 2.35. The van der Waals surface area contributed by atoms with Gasteiger partial charge < -0.3 is 10.5 Å². The molecule has 1 aliphatic rings. The van der Waals surface area contributed by atoms with Crippen LogP contribution in [0.15, 0.2) is 0 Å². The molecular weight excluding hydrogens is 130 g/mol. The van der Waals surface area contributed by atoms with Gasteiger partial charge in [0.15, 0.2) is 0 Å². The van der Waals surface area contributed by atoms with Crippen LogP contribution < -0.4 is 5.73 Å². The summed E-state index contributed by atoms with van der Waals surface area (Å²) < 4.78 is 4.86. The topological polar surface area (TPSA) is 52.3 Å². The van der Waals surface area contributed by atoms with E-state index in [0.717, 1.165) is 0 Å². The summed E-state index contributed by atoms with van der Waals surface area (Å²) in [5.41, 5.74) is 5.27. The lowest BCUT2D eigenvalue weighted by Crippen LogP contribution is -2.29. The molecule has 0 heterocycles. The quantitative estimate of drug-likeness (QED) is 0.577. The molecule has 0 radical (unpaired) electrons. The van der Waals surface area contributed by atoms with Gasteiger partial charge in [0, 0.05) is 0 Å². The fourth-order valence-corrected chi connectivity index (χ4v) is 0.616. The van der Waals surface area contributed by atoms with Crippen LogP contribution in [0.25, 0.3) is 0 Å². The van der Waals surface area contributed by atoms with Crippen LogP contribution in [0, 0.1) is 5.92 Å². The van der Waals surface area contributed by atoms with E-state index < -0.39 is 6.04 Å². The number of esters is 1. The Morgan fingerprint density at radius 2 is 2.40 bits per heavy atom. The zero-order chi connectivity index (χ0) is 7.56. The van der Waals surface area contributed by atoms with E-state index in [-0.39, 0.29) is 5.97 Å². The minimum absolute atomic E-state index is 0.285. The second-order valence-corrected chi connectivity index (χ2v) is 2.86. The molecule has 1 unspecified atom stereocenters. The van der Waals surface area contributed by atoms with Crippen molar-refractivity contribution in [3.8, 4) is 0 Å². The number of hydrogen-bond donors (Lipinski definition) is 1. The summed E-state index contributed by atoms with van der Waals surface area (Å²) in [7, 11) is 0. The Morgan fingerprint density at radius 3 is 2.80 bits per heavy atom. The minimum Gasteiger partial charge on any atom is -0.464 e. The second-order valence-electron chi connectivity index (χ2n) is 2.86. The molecule has 0 aromatic rings. The first-order valence-corrected chi connectivity index (χ1v) is 3.62. The van der Waals surface area contributed by atoms with Crippen LogP contribution in [-0.2, 0) is 9.53 Å². The number of ether oxygens (including phenoxy) is 1. The van der Waals surface area contributed by atoms with Crippen LogP contribution in [0.2, 0.25) is 0 Å². The molecule has 1 aliphatic carbocycles. The maximum absolute atomic E-state index is 10.7. The molecular formula is C7H13NO2. The van der Waals surface area contributed by atoms with Crippen molar-refractivity contribution in [1.29, 1.82) is 0 Å². The van der Waals surface area contributed by atoms with E-state index in [0.29, 0.717) is 12.5 Å². The summed E-state index contributed by atoms with van der Waals surface area (Å²) in [4.78, 5) is 10.7. The van der Waals surface area contributed by atoms with Gasteiger partial charge in [0.1, 0.15) is 6.04 Å². The summed E-state index contributed by atoms with van der Waals surface area (Å²) in [5.74, 6) is 0.342. The lowest BCUT2D eigenvalue weighted by molar-refractivity contribution is -0.145. The predicted octanol–water partition coefficient (Wildman–Crippen LogP) is 0.287. The summed E-state index contributed by atoms with van der Waals surface area (Å²) in [5, 5.41) is 0. The molecule has 0 aromatic heterocycles. The first-order valence-electron chi connectivity index (χ1n) is 3.62. The molecule has 0 spiro atoms. The molecule has 10 heavy (non-hydrogen) atoms. The Morgan fingerprint density at radius 1 is 1.80 bits per heavy atom. The van der Waals surface area contributed by atoms with E-state index in [4.69, 9.17) is 10.5 Å². The average molecular weight is 143 g/mol. The highest BCUT2D eigenvalue weighted by Gasteiger charge is 2.23. The van der Waals surface area contributed by atoms with E-state index in [2.05, 4.69) is 0 Å². The molecule has 0 aromatic carbocycles. The lowest BCUT2D eigenvalue weighted by atomic mass is 10.4. The highest BCUT2D eigenvalue weighted by molar-refractivity contribution is 5.74. The zero-order valence-electron chi connectivity index (χ0n) is 6.17.